The number of carbonyl (C=O) groups excluding carboxylic acids is 2. The Kier molecular flexibility index (Phi) is 6.95. The van der Waals surface area contributed by atoms with Crippen LogP contribution in [0.15, 0.2) is 39.9 Å². The minimum Gasteiger partial charge on any atom is -0.352 e. The first-order valence-corrected chi connectivity index (χ1v) is 12.3. The van der Waals surface area contributed by atoms with Gasteiger partial charge in [-0.05, 0) is 62.8 Å². The highest BCUT2D eigenvalue weighted by molar-refractivity contribution is 9.10. The molecular weight excluding hydrogens is 454 g/mol. The van der Waals surface area contributed by atoms with Crippen molar-refractivity contribution in [3.8, 4) is 0 Å². The molecule has 0 bridgehead atoms. The van der Waals surface area contributed by atoms with E-state index >= 15 is 0 Å². The smallest absolute Gasteiger partial charge is 0.239 e. The van der Waals surface area contributed by atoms with E-state index in [1.807, 2.05) is 32.2 Å². The zero-order valence-corrected chi connectivity index (χ0v) is 20.0. The number of amides is 2. The molecule has 1 aromatic carbocycles. The number of nitrogens with one attached hydrogen (secondary N) is 1. The van der Waals surface area contributed by atoms with Crippen LogP contribution in [0.1, 0.15) is 64.4 Å². The molecular formula is C25H32BrN3O2. The monoisotopic (exact) mass is 485 g/mol. The summed E-state index contributed by atoms with van der Waals surface area (Å²) < 4.78 is 1.06. The van der Waals surface area contributed by atoms with Crippen molar-refractivity contribution in [3.05, 3.63) is 40.5 Å². The molecule has 4 rings (SSSR count). The van der Waals surface area contributed by atoms with Crippen LogP contribution in [0.5, 0.6) is 0 Å². The zero-order valence-electron chi connectivity index (χ0n) is 18.4. The topological polar surface area (TPSA) is 61.8 Å². The Bertz CT molecular complexity index is 887. The van der Waals surface area contributed by atoms with E-state index in [4.69, 9.17) is 4.99 Å². The summed E-state index contributed by atoms with van der Waals surface area (Å²) in [6.07, 6.45) is 8.95. The fourth-order valence-electron chi connectivity index (χ4n) is 4.72. The lowest BCUT2D eigenvalue weighted by atomic mass is 9.74. The maximum Gasteiger partial charge on any atom is 0.239 e. The normalized spacial score (nSPS) is 23.4. The van der Waals surface area contributed by atoms with Gasteiger partial charge in [0.05, 0.1) is 6.54 Å². The number of carbonyl (C=O) groups is 2. The Morgan fingerprint density at radius 3 is 2.52 bits per heavy atom. The van der Waals surface area contributed by atoms with Crippen molar-refractivity contribution in [2.45, 2.75) is 70.9 Å². The molecule has 1 heterocycles. The molecule has 1 aliphatic heterocycles. The molecule has 2 amide bonds. The Morgan fingerprint density at radius 2 is 1.84 bits per heavy atom. The van der Waals surface area contributed by atoms with Crippen LogP contribution in [0.3, 0.4) is 0 Å². The highest BCUT2D eigenvalue weighted by Crippen LogP contribution is 2.38. The number of benzene rings is 1. The number of nitrogens with zero attached hydrogens (tertiary/aromatic N) is 2. The third-order valence-corrected chi connectivity index (χ3v) is 7.18. The predicted octanol–water partition coefficient (Wildman–Crippen LogP) is 4.96. The van der Waals surface area contributed by atoms with E-state index in [2.05, 4.69) is 33.4 Å². The third-order valence-electron chi connectivity index (χ3n) is 6.65. The van der Waals surface area contributed by atoms with Gasteiger partial charge in [0.15, 0.2) is 0 Å². The van der Waals surface area contributed by atoms with Gasteiger partial charge in [-0.15, -0.1) is 0 Å². The van der Waals surface area contributed by atoms with Crippen LogP contribution < -0.4 is 5.32 Å². The van der Waals surface area contributed by atoms with Crippen molar-refractivity contribution in [1.29, 1.82) is 0 Å². The van der Waals surface area contributed by atoms with Crippen LogP contribution in [-0.2, 0) is 9.59 Å². The first-order chi connectivity index (χ1) is 14.9. The van der Waals surface area contributed by atoms with Crippen molar-refractivity contribution in [3.63, 3.8) is 0 Å². The van der Waals surface area contributed by atoms with Gasteiger partial charge in [0.25, 0.3) is 0 Å². The molecule has 0 radical (unpaired) electrons. The molecule has 1 aromatic rings. The SMILES string of the molecule is CC(C)N(CC(=O)NC1CC1)C(=O)[C@H]1CCCCC1C1=NC=C(c2ccc(Br)cc2)C1. The molecule has 2 atom stereocenters. The molecule has 1 N–H and O–H groups in total. The van der Waals surface area contributed by atoms with Gasteiger partial charge in [-0.25, -0.2) is 0 Å². The van der Waals surface area contributed by atoms with Gasteiger partial charge in [0.2, 0.25) is 11.8 Å². The third kappa shape index (κ3) is 5.46. The summed E-state index contributed by atoms with van der Waals surface area (Å²) in [7, 11) is 0. The lowest BCUT2D eigenvalue weighted by molar-refractivity contribution is -0.143. The summed E-state index contributed by atoms with van der Waals surface area (Å²) in [5.74, 6) is 0.166. The number of aliphatic imine (C=N–C) groups is 1. The van der Waals surface area contributed by atoms with Gasteiger partial charge in [0.1, 0.15) is 0 Å². The van der Waals surface area contributed by atoms with Gasteiger partial charge >= 0.3 is 0 Å². The van der Waals surface area contributed by atoms with E-state index < -0.39 is 0 Å². The van der Waals surface area contributed by atoms with Crippen molar-refractivity contribution < 1.29 is 9.59 Å². The van der Waals surface area contributed by atoms with Gasteiger partial charge in [-0.3, -0.25) is 14.6 Å². The Labute approximate surface area is 193 Å². The molecule has 6 heteroatoms. The van der Waals surface area contributed by atoms with E-state index in [0.717, 1.165) is 55.1 Å². The van der Waals surface area contributed by atoms with Crippen molar-refractivity contribution in [2.75, 3.05) is 6.54 Å². The molecule has 0 spiro atoms. The van der Waals surface area contributed by atoms with Crippen LogP contribution in [0.4, 0.5) is 0 Å². The molecule has 1 unspecified atom stereocenters. The van der Waals surface area contributed by atoms with Gasteiger partial charge < -0.3 is 10.2 Å². The van der Waals surface area contributed by atoms with Gasteiger partial charge in [0, 0.05) is 46.7 Å². The number of allylic oxidation sites excluding steroid dienone is 1. The molecule has 31 heavy (non-hydrogen) atoms. The molecule has 2 saturated carbocycles. The maximum absolute atomic E-state index is 13.6. The lowest BCUT2D eigenvalue weighted by Gasteiger charge is -2.36. The second kappa shape index (κ2) is 9.68. The van der Waals surface area contributed by atoms with Crippen molar-refractivity contribution >= 4 is 39.0 Å². The summed E-state index contributed by atoms with van der Waals surface area (Å²) in [5, 5.41) is 3.02. The quantitative estimate of drug-likeness (QED) is 0.593. The standard InChI is InChI=1S/C25H32BrN3O2/c1-16(2)29(15-24(30)28-20-11-12-20)25(31)22-6-4-3-5-21(22)23-13-18(14-27-23)17-7-9-19(26)10-8-17/h7-10,14,16,20-22H,3-6,11-13,15H2,1-2H3,(H,28,30)/t21?,22-/m0/s1. The Morgan fingerprint density at radius 1 is 1.13 bits per heavy atom. The van der Waals surface area contributed by atoms with Crippen LogP contribution in [0, 0.1) is 11.8 Å². The van der Waals surface area contributed by atoms with Crippen molar-refractivity contribution in [1.82, 2.24) is 10.2 Å². The molecule has 3 aliphatic rings. The van der Waals surface area contributed by atoms with Gasteiger partial charge in [-0.2, -0.15) is 0 Å². The van der Waals surface area contributed by atoms with E-state index in [1.54, 1.807) is 4.90 Å². The second-order valence-corrected chi connectivity index (χ2v) is 10.3. The molecule has 2 fully saturated rings. The Balaban J connectivity index is 1.44. The summed E-state index contributed by atoms with van der Waals surface area (Å²) in [5.41, 5.74) is 3.52. The summed E-state index contributed by atoms with van der Waals surface area (Å²) in [6, 6.07) is 8.63. The lowest BCUT2D eigenvalue weighted by Crippen LogP contribution is -2.49. The van der Waals surface area contributed by atoms with Crippen LogP contribution in [-0.4, -0.2) is 41.1 Å². The fourth-order valence-corrected chi connectivity index (χ4v) is 4.99. The minimum atomic E-state index is -0.0821. The van der Waals surface area contributed by atoms with E-state index in [9.17, 15) is 9.59 Å². The van der Waals surface area contributed by atoms with Crippen LogP contribution >= 0.6 is 15.9 Å². The molecule has 0 aromatic heterocycles. The van der Waals surface area contributed by atoms with Crippen LogP contribution in [0.25, 0.3) is 5.57 Å². The van der Waals surface area contributed by atoms with E-state index in [0.29, 0.717) is 6.04 Å². The van der Waals surface area contributed by atoms with Gasteiger partial charge in [-0.1, -0.05) is 40.9 Å². The average Bonchev–Trinajstić information content (AvgIpc) is 3.43. The summed E-state index contributed by atoms with van der Waals surface area (Å²) in [6.45, 7) is 4.16. The van der Waals surface area contributed by atoms with E-state index in [-0.39, 0.29) is 36.2 Å². The molecule has 5 nitrogen and oxygen atoms in total. The summed E-state index contributed by atoms with van der Waals surface area (Å²) in [4.78, 5) is 32.6. The molecule has 0 saturated heterocycles. The first kappa shape index (κ1) is 22.3. The minimum absolute atomic E-state index is 0.00185. The molecule has 2 aliphatic carbocycles. The second-order valence-electron chi connectivity index (χ2n) is 9.36. The average molecular weight is 486 g/mol. The highest BCUT2D eigenvalue weighted by Gasteiger charge is 2.38. The number of hydrogen-bond acceptors (Lipinski definition) is 3. The first-order valence-electron chi connectivity index (χ1n) is 11.5. The van der Waals surface area contributed by atoms with Crippen LogP contribution in [0.2, 0.25) is 0 Å². The zero-order chi connectivity index (χ0) is 22.0. The number of hydrogen-bond donors (Lipinski definition) is 1. The number of rotatable bonds is 7. The maximum atomic E-state index is 13.6. The summed E-state index contributed by atoms with van der Waals surface area (Å²) >= 11 is 3.49. The fraction of sp³-hybridized carbons (Fsp3) is 0.560. The van der Waals surface area contributed by atoms with E-state index in [1.165, 1.54) is 11.1 Å². The number of halogens is 1. The van der Waals surface area contributed by atoms with Crippen molar-refractivity contribution in [2.24, 2.45) is 16.8 Å². The predicted molar refractivity (Wildman–Crippen MR) is 128 cm³/mol. The Hall–Kier alpha value is -1.95. The highest BCUT2D eigenvalue weighted by atomic mass is 79.9. The largest absolute Gasteiger partial charge is 0.352 e. The molecule has 166 valence electrons.